The van der Waals surface area contributed by atoms with E-state index in [0.29, 0.717) is 74.9 Å². The predicted octanol–water partition coefficient (Wildman–Crippen LogP) is 6.01. The van der Waals surface area contributed by atoms with Crippen molar-refractivity contribution in [2.45, 2.75) is 45.6 Å². The molecule has 14 heteroatoms. The highest BCUT2D eigenvalue weighted by Gasteiger charge is 2.37. The van der Waals surface area contributed by atoms with Crippen molar-refractivity contribution in [3.63, 3.8) is 0 Å². The second-order valence-corrected chi connectivity index (χ2v) is 11.2. The average Bonchev–Trinajstić information content (AvgIpc) is 3.23. The fourth-order valence-electron chi connectivity index (χ4n) is 5.60. The Bertz CT molecular complexity index is 1560. The standard InChI is InChI=1S/C31H32F6N6O2/c1-19-7-3-4-8-24(19)26-25-27(40-29(39-26)42-12-6-11-41(13-14-42)20(2)44)38-9-5-10-43(28(25)45)18-21-15-22(30(32,33)34)17-23(16-21)31(35,36)37/h3-4,7-8,15-17H,5-6,9-14,18H2,1-2H3,(H,38,39,40). The van der Waals surface area contributed by atoms with Crippen molar-refractivity contribution >= 4 is 23.6 Å². The van der Waals surface area contributed by atoms with Crippen molar-refractivity contribution < 1.29 is 35.9 Å². The summed E-state index contributed by atoms with van der Waals surface area (Å²) in [6, 6.07) is 8.61. The van der Waals surface area contributed by atoms with Crippen LogP contribution in [0.4, 0.5) is 38.1 Å². The van der Waals surface area contributed by atoms with Gasteiger partial charge in [-0.3, -0.25) is 9.59 Å². The lowest BCUT2D eigenvalue weighted by Crippen LogP contribution is -2.37. The molecular weight excluding hydrogens is 602 g/mol. The predicted molar refractivity (Wildman–Crippen MR) is 156 cm³/mol. The van der Waals surface area contributed by atoms with E-state index in [2.05, 4.69) is 5.32 Å². The summed E-state index contributed by atoms with van der Waals surface area (Å²) >= 11 is 0. The first kappa shape index (κ1) is 32.0. The van der Waals surface area contributed by atoms with Crippen LogP contribution < -0.4 is 10.2 Å². The zero-order valence-electron chi connectivity index (χ0n) is 24.7. The highest BCUT2D eigenvalue weighted by molar-refractivity contribution is 6.05. The number of hydrogen-bond donors (Lipinski definition) is 1. The topological polar surface area (TPSA) is 81.7 Å². The summed E-state index contributed by atoms with van der Waals surface area (Å²) in [6.45, 7) is 5.37. The van der Waals surface area contributed by atoms with E-state index in [1.165, 1.54) is 11.8 Å². The van der Waals surface area contributed by atoms with Crippen LogP contribution in [0.5, 0.6) is 0 Å². The molecular formula is C31H32F6N6O2. The maximum atomic E-state index is 14.2. The SMILES string of the molecule is CC(=O)N1CCCN(c2nc3c(c(-c4ccccc4C)n2)C(=O)N(Cc2cc(C(F)(F)F)cc(C(F)(F)F)c2)CCCN3)CC1. The lowest BCUT2D eigenvalue weighted by Gasteiger charge is -2.29. The monoisotopic (exact) mass is 634 g/mol. The molecule has 0 unspecified atom stereocenters. The van der Waals surface area contributed by atoms with Crippen LogP contribution in [0.3, 0.4) is 0 Å². The van der Waals surface area contributed by atoms with E-state index in [9.17, 15) is 35.9 Å². The van der Waals surface area contributed by atoms with E-state index in [1.54, 1.807) is 17.0 Å². The van der Waals surface area contributed by atoms with Gasteiger partial charge in [-0.1, -0.05) is 24.3 Å². The number of anilines is 2. The van der Waals surface area contributed by atoms with E-state index in [4.69, 9.17) is 9.97 Å². The zero-order chi connectivity index (χ0) is 32.5. The van der Waals surface area contributed by atoms with Crippen molar-refractivity contribution in [1.29, 1.82) is 0 Å². The van der Waals surface area contributed by atoms with Crippen LogP contribution in [0.1, 0.15) is 52.4 Å². The van der Waals surface area contributed by atoms with Gasteiger partial charge in [0.05, 0.1) is 16.8 Å². The number of benzene rings is 2. The van der Waals surface area contributed by atoms with Crippen molar-refractivity contribution in [1.82, 2.24) is 19.8 Å². The van der Waals surface area contributed by atoms with Gasteiger partial charge in [-0.15, -0.1) is 0 Å². The molecule has 5 rings (SSSR count). The number of nitrogens with zero attached hydrogens (tertiary/aromatic N) is 5. The van der Waals surface area contributed by atoms with Gasteiger partial charge in [-0.05, 0) is 49.1 Å². The summed E-state index contributed by atoms with van der Waals surface area (Å²) in [5.41, 5.74) is -1.37. The van der Waals surface area contributed by atoms with Crippen LogP contribution in [0.25, 0.3) is 11.3 Å². The maximum Gasteiger partial charge on any atom is 0.416 e. The summed E-state index contributed by atoms with van der Waals surface area (Å²) in [5, 5.41) is 3.20. The Kier molecular flexibility index (Phi) is 8.95. The Morgan fingerprint density at radius 3 is 2.22 bits per heavy atom. The van der Waals surface area contributed by atoms with Crippen LogP contribution in [0.15, 0.2) is 42.5 Å². The molecule has 3 aromatic rings. The molecule has 1 aromatic heterocycles. The number of carbonyl (C=O) groups excluding carboxylic acids is 2. The molecule has 1 N–H and O–H groups in total. The fourth-order valence-corrected chi connectivity index (χ4v) is 5.60. The number of nitrogens with one attached hydrogen (secondary N) is 1. The van der Waals surface area contributed by atoms with E-state index in [0.717, 1.165) is 5.56 Å². The summed E-state index contributed by atoms with van der Waals surface area (Å²) < 4.78 is 81.4. The van der Waals surface area contributed by atoms with Gasteiger partial charge in [0.25, 0.3) is 5.91 Å². The molecule has 0 atom stereocenters. The molecule has 45 heavy (non-hydrogen) atoms. The lowest BCUT2D eigenvalue weighted by atomic mass is 9.99. The number of hydrogen-bond acceptors (Lipinski definition) is 6. The second kappa shape index (κ2) is 12.6. The Hall–Kier alpha value is -4.36. The van der Waals surface area contributed by atoms with Gasteiger partial charge >= 0.3 is 12.4 Å². The van der Waals surface area contributed by atoms with Crippen LogP contribution in [-0.2, 0) is 23.7 Å². The number of aromatic nitrogens is 2. The van der Waals surface area contributed by atoms with E-state index >= 15 is 0 Å². The van der Waals surface area contributed by atoms with Crippen LogP contribution in [-0.4, -0.2) is 70.9 Å². The molecule has 2 aliphatic rings. The number of rotatable bonds is 4. The molecule has 0 spiro atoms. The average molecular weight is 635 g/mol. The highest BCUT2D eigenvalue weighted by atomic mass is 19.4. The van der Waals surface area contributed by atoms with Gasteiger partial charge in [-0.25, -0.2) is 4.98 Å². The molecule has 0 aliphatic carbocycles. The Balaban J connectivity index is 1.59. The Morgan fingerprint density at radius 2 is 1.58 bits per heavy atom. The van der Waals surface area contributed by atoms with E-state index < -0.39 is 35.9 Å². The fraction of sp³-hybridized carbons (Fsp3) is 0.419. The van der Waals surface area contributed by atoms with Crippen LogP contribution in [0.2, 0.25) is 0 Å². The largest absolute Gasteiger partial charge is 0.416 e. The first-order valence-electron chi connectivity index (χ1n) is 14.5. The second-order valence-electron chi connectivity index (χ2n) is 11.2. The number of alkyl halides is 6. The molecule has 0 radical (unpaired) electrons. The lowest BCUT2D eigenvalue weighted by molar-refractivity contribution is -0.143. The Labute approximate surface area is 256 Å². The minimum Gasteiger partial charge on any atom is -0.369 e. The first-order valence-corrected chi connectivity index (χ1v) is 14.5. The van der Waals surface area contributed by atoms with E-state index in [-0.39, 0.29) is 35.5 Å². The number of carbonyl (C=O) groups is 2. The molecule has 1 saturated heterocycles. The normalized spacial score (nSPS) is 16.4. The van der Waals surface area contributed by atoms with Crippen molar-refractivity contribution in [3.05, 3.63) is 70.3 Å². The van der Waals surface area contributed by atoms with Crippen LogP contribution in [0, 0.1) is 6.92 Å². The van der Waals surface area contributed by atoms with Gasteiger partial charge in [0.2, 0.25) is 11.9 Å². The molecule has 2 amide bonds. The number of halogens is 6. The Morgan fingerprint density at radius 1 is 0.889 bits per heavy atom. The minimum absolute atomic E-state index is 0.0352. The smallest absolute Gasteiger partial charge is 0.369 e. The molecule has 8 nitrogen and oxygen atoms in total. The zero-order valence-corrected chi connectivity index (χ0v) is 24.7. The minimum atomic E-state index is -5.01. The van der Waals surface area contributed by atoms with Crippen molar-refractivity contribution in [2.24, 2.45) is 0 Å². The first-order chi connectivity index (χ1) is 21.2. The quantitative estimate of drug-likeness (QED) is 0.355. The van der Waals surface area contributed by atoms with Gasteiger partial charge in [0, 0.05) is 58.3 Å². The molecule has 3 heterocycles. The summed E-state index contributed by atoms with van der Waals surface area (Å²) in [6.07, 6.45) is -8.98. The number of aryl methyl sites for hydroxylation is 1. The van der Waals surface area contributed by atoms with Gasteiger partial charge < -0.3 is 20.0 Å². The molecule has 240 valence electrons. The van der Waals surface area contributed by atoms with Gasteiger partial charge in [0.1, 0.15) is 11.4 Å². The summed E-state index contributed by atoms with van der Waals surface area (Å²) in [5.74, 6) is -0.0863. The highest BCUT2D eigenvalue weighted by Crippen LogP contribution is 2.38. The van der Waals surface area contributed by atoms with Gasteiger partial charge in [0.15, 0.2) is 0 Å². The number of amides is 2. The van der Waals surface area contributed by atoms with Gasteiger partial charge in [-0.2, -0.15) is 31.3 Å². The van der Waals surface area contributed by atoms with Crippen molar-refractivity contribution in [3.8, 4) is 11.3 Å². The third-order valence-electron chi connectivity index (χ3n) is 7.94. The summed E-state index contributed by atoms with van der Waals surface area (Å²) in [7, 11) is 0. The molecule has 0 bridgehead atoms. The molecule has 2 aliphatic heterocycles. The third kappa shape index (κ3) is 7.15. The van der Waals surface area contributed by atoms with Crippen molar-refractivity contribution in [2.75, 3.05) is 49.5 Å². The van der Waals surface area contributed by atoms with E-state index in [1.807, 2.05) is 24.0 Å². The molecule has 2 aromatic carbocycles. The van der Waals surface area contributed by atoms with Crippen LogP contribution >= 0.6 is 0 Å². The maximum absolute atomic E-state index is 14.2. The molecule has 1 fully saturated rings. The molecule has 0 saturated carbocycles. The number of fused-ring (bicyclic) bond motifs is 1. The third-order valence-corrected chi connectivity index (χ3v) is 7.94. The summed E-state index contributed by atoms with van der Waals surface area (Å²) in [4.78, 5) is 40.7.